The standard InChI is InChI=1S/C19H34N4O/c1-13(2)18-20-16(19(5,6)7)10-17(21-18)23-9-8-22(11-14(23)3)12-15(4)24/h10,13-15,24H,8-9,11-12H2,1-7H3. The summed E-state index contributed by atoms with van der Waals surface area (Å²) < 4.78 is 0. The van der Waals surface area contributed by atoms with Gasteiger partial charge in [0.25, 0.3) is 0 Å². The average Bonchev–Trinajstić information content (AvgIpc) is 2.45. The number of hydrogen-bond acceptors (Lipinski definition) is 5. The van der Waals surface area contributed by atoms with Crippen molar-refractivity contribution in [3.63, 3.8) is 0 Å². The molecule has 1 N–H and O–H groups in total. The Bertz CT molecular complexity index is 551. The normalized spacial score (nSPS) is 21.4. The average molecular weight is 335 g/mol. The van der Waals surface area contributed by atoms with Crippen LogP contribution in [0.5, 0.6) is 0 Å². The first-order chi connectivity index (χ1) is 11.1. The van der Waals surface area contributed by atoms with E-state index in [1.165, 1.54) is 0 Å². The van der Waals surface area contributed by atoms with E-state index >= 15 is 0 Å². The van der Waals surface area contributed by atoms with Crippen LogP contribution in [0.2, 0.25) is 0 Å². The second-order valence-electron chi connectivity index (χ2n) is 8.53. The lowest BCUT2D eigenvalue weighted by atomic mass is 9.91. The Labute approximate surface area is 147 Å². The summed E-state index contributed by atoms with van der Waals surface area (Å²) in [7, 11) is 0. The molecule has 0 spiro atoms. The lowest BCUT2D eigenvalue weighted by molar-refractivity contribution is 0.114. The predicted molar refractivity (Wildman–Crippen MR) is 99.7 cm³/mol. The van der Waals surface area contributed by atoms with E-state index in [-0.39, 0.29) is 11.5 Å². The Balaban J connectivity index is 2.26. The van der Waals surface area contributed by atoms with Crippen molar-refractivity contribution in [1.82, 2.24) is 14.9 Å². The Morgan fingerprint density at radius 2 is 1.88 bits per heavy atom. The topological polar surface area (TPSA) is 52.5 Å². The molecule has 0 aliphatic carbocycles. The number of β-amino-alcohol motifs (C(OH)–C–C–N with tert-alkyl or cyclic N) is 1. The molecule has 5 heteroatoms. The van der Waals surface area contributed by atoms with Gasteiger partial charge < -0.3 is 10.0 Å². The van der Waals surface area contributed by atoms with Crippen molar-refractivity contribution in [1.29, 1.82) is 0 Å². The number of nitrogens with zero attached hydrogens (tertiary/aromatic N) is 4. The lowest BCUT2D eigenvalue weighted by Gasteiger charge is -2.41. The summed E-state index contributed by atoms with van der Waals surface area (Å²) in [6.07, 6.45) is -0.275. The molecule has 1 aliphatic heterocycles. The molecule has 1 aromatic rings. The van der Waals surface area contributed by atoms with Crippen LogP contribution in [0.25, 0.3) is 0 Å². The molecular formula is C19H34N4O. The maximum absolute atomic E-state index is 9.62. The third kappa shape index (κ3) is 4.67. The molecule has 0 radical (unpaired) electrons. The van der Waals surface area contributed by atoms with Crippen LogP contribution in [-0.4, -0.2) is 58.3 Å². The molecular weight excluding hydrogens is 300 g/mol. The number of hydrogen-bond donors (Lipinski definition) is 1. The number of anilines is 1. The highest BCUT2D eigenvalue weighted by Gasteiger charge is 2.27. The third-order valence-corrected chi connectivity index (χ3v) is 4.54. The second-order valence-corrected chi connectivity index (χ2v) is 8.53. The van der Waals surface area contributed by atoms with Crippen LogP contribution in [0.15, 0.2) is 6.07 Å². The quantitative estimate of drug-likeness (QED) is 0.917. The Morgan fingerprint density at radius 3 is 2.38 bits per heavy atom. The van der Waals surface area contributed by atoms with Crippen molar-refractivity contribution in [2.24, 2.45) is 0 Å². The maximum atomic E-state index is 9.62. The van der Waals surface area contributed by atoms with Gasteiger partial charge in [-0.2, -0.15) is 0 Å². The van der Waals surface area contributed by atoms with Gasteiger partial charge in [-0.1, -0.05) is 34.6 Å². The summed E-state index contributed by atoms with van der Waals surface area (Å²) in [5.41, 5.74) is 1.12. The molecule has 2 atom stereocenters. The van der Waals surface area contributed by atoms with Crippen LogP contribution in [0.1, 0.15) is 65.9 Å². The Morgan fingerprint density at radius 1 is 1.21 bits per heavy atom. The SMILES string of the molecule is CC(O)CN1CCN(c2cc(C(C)(C)C)nc(C(C)C)n2)C(C)C1. The van der Waals surface area contributed by atoms with Gasteiger partial charge in [0.15, 0.2) is 0 Å². The molecule has 1 aromatic heterocycles. The van der Waals surface area contributed by atoms with Gasteiger partial charge in [-0.25, -0.2) is 9.97 Å². The van der Waals surface area contributed by atoms with Gasteiger partial charge in [0.2, 0.25) is 0 Å². The zero-order chi connectivity index (χ0) is 18.1. The zero-order valence-corrected chi connectivity index (χ0v) is 16.4. The molecule has 2 rings (SSSR count). The molecule has 1 fully saturated rings. The van der Waals surface area contributed by atoms with E-state index in [4.69, 9.17) is 9.97 Å². The van der Waals surface area contributed by atoms with Gasteiger partial charge in [-0.3, -0.25) is 4.90 Å². The molecule has 1 aliphatic rings. The third-order valence-electron chi connectivity index (χ3n) is 4.54. The van der Waals surface area contributed by atoms with Crippen LogP contribution in [-0.2, 0) is 5.41 Å². The van der Waals surface area contributed by atoms with E-state index in [2.05, 4.69) is 57.4 Å². The summed E-state index contributed by atoms with van der Waals surface area (Å²) in [6, 6.07) is 2.53. The minimum atomic E-state index is -0.275. The predicted octanol–water partition coefficient (Wildman–Crippen LogP) is 2.79. The highest BCUT2D eigenvalue weighted by molar-refractivity contribution is 5.43. The van der Waals surface area contributed by atoms with Crippen molar-refractivity contribution >= 4 is 5.82 Å². The van der Waals surface area contributed by atoms with E-state index in [1.807, 2.05) is 6.92 Å². The molecule has 2 unspecified atom stereocenters. The summed E-state index contributed by atoms with van der Waals surface area (Å²) in [6.45, 7) is 18.6. The lowest BCUT2D eigenvalue weighted by Crippen LogP contribution is -2.53. The van der Waals surface area contributed by atoms with Crippen LogP contribution < -0.4 is 4.90 Å². The van der Waals surface area contributed by atoms with Gasteiger partial charge in [0, 0.05) is 49.6 Å². The van der Waals surface area contributed by atoms with Crippen molar-refractivity contribution in [3.05, 3.63) is 17.6 Å². The van der Waals surface area contributed by atoms with E-state index in [0.717, 1.165) is 43.5 Å². The van der Waals surface area contributed by atoms with E-state index in [9.17, 15) is 5.11 Å². The highest BCUT2D eigenvalue weighted by atomic mass is 16.3. The van der Waals surface area contributed by atoms with Crippen molar-refractivity contribution in [2.45, 2.75) is 71.9 Å². The van der Waals surface area contributed by atoms with Crippen LogP contribution in [0.3, 0.4) is 0 Å². The minimum Gasteiger partial charge on any atom is -0.392 e. The van der Waals surface area contributed by atoms with Crippen molar-refractivity contribution < 1.29 is 5.11 Å². The zero-order valence-electron chi connectivity index (χ0n) is 16.4. The summed E-state index contributed by atoms with van der Waals surface area (Å²) in [5, 5.41) is 9.62. The molecule has 0 bridgehead atoms. The van der Waals surface area contributed by atoms with Crippen LogP contribution in [0.4, 0.5) is 5.82 Å². The fourth-order valence-electron chi connectivity index (χ4n) is 3.16. The van der Waals surface area contributed by atoms with E-state index in [1.54, 1.807) is 0 Å². The van der Waals surface area contributed by atoms with Crippen molar-refractivity contribution in [2.75, 3.05) is 31.1 Å². The first kappa shape index (κ1) is 19.1. The molecule has 5 nitrogen and oxygen atoms in total. The van der Waals surface area contributed by atoms with E-state index < -0.39 is 0 Å². The maximum Gasteiger partial charge on any atom is 0.133 e. The molecule has 1 saturated heterocycles. The smallest absolute Gasteiger partial charge is 0.133 e. The monoisotopic (exact) mass is 334 g/mol. The fraction of sp³-hybridized carbons (Fsp3) is 0.789. The number of aromatic nitrogens is 2. The van der Waals surface area contributed by atoms with E-state index in [0.29, 0.717) is 12.0 Å². The first-order valence-corrected chi connectivity index (χ1v) is 9.14. The summed E-state index contributed by atoms with van der Waals surface area (Å²) in [4.78, 5) is 14.4. The largest absolute Gasteiger partial charge is 0.392 e. The van der Waals surface area contributed by atoms with Crippen LogP contribution in [0, 0.1) is 0 Å². The van der Waals surface area contributed by atoms with Crippen LogP contribution >= 0.6 is 0 Å². The molecule has 136 valence electrons. The first-order valence-electron chi connectivity index (χ1n) is 9.14. The summed E-state index contributed by atoms with van der Waals surface area (Å²) >= 11 is 0. The highest BCUT2D eigenvalue weighted by Crippen LogP contribution is 2.27. The van der Waals surface area contributed by atoms with Gasteiger partial charge >= 0.3 is 0 Å². The number of aliphatic hydroxyl groups is 1. The molecule has 24 heavy (non-hydrogen) atoms. The minimum absolute atomic E-state index is 0.0126. The number of piperazine rings is 1. The van der Waals surface area contributed by atoms with Gasteiger partial charge in [0.05, 0.1) is 11.8 Å². The molecule has 0 saturated carbocycles. The fourth-order valence-corrected chi connectivity index (χ4v) is 3.16. The molecule has 2 heterocycles. The molecule has 0 aromatic carbocycles. The Kier molecular flexibility index (Phi) is 5.87. The number of aliphatic hydroxyl groups excluding tert-OH is 1. The Hall–Kier alpha value is -1.20. The summed E-state index contributed by atoms with van der Waals surface area (Å²) in [5.74, 6) is 2.29. The van der Waals surface area contributed by atoms with Crippen molar-refractivity contribution in [3.8, 4) is 0 Å². The van der Waals surface area contributed by atoms with Gasteiger partial charge in [0.1, 0.15) is 11.6 Å². The number of rotatable bonds is 4. The van der Waals surface area contributed by atoms with Gasteiger partial charge in [-0.05, 0) is 13.8 Å². The molecule has 0 amide bonds. The van der Waals surface area contributed by atoms with Gasteiger partial charge in [-0.15, -0.1) is 0 Å². The second kappa shape index (κ2) is 7.36.